The Kier molecular flexibility index (Phi) is 10.2. The number of hydrogen-bond donors (Lipinski definition) is 3. The minimum absolute atomic E-state index is 0.0699. The lowest BCUT2D eigenvalue weighted by atomic mass is 9.84. The van der Waals surface area contributed by atoms with E-state index in [0.29, 0.717) is 36.2 Å². The number of nitrogens with one attached hydrogen (secondary N) is 2. The molecule has 0 saturated heterocycles. The first kappa shape index (κ1) is 30.0. The molecule has 7 nitrogen and oxygen atoms in total. The van der Waals surface area contributed by atoms with Crippen LogP contribution >= 0.6 is 11.6 Å². The number of halogens is 1. The number of carbonyl (C=O) groups excluding carboxylic acids is 1. The topological polar surface area (TPSA) is 92.2 Å². The Morgan fingerprint density at radius 3 is 2.44 bits per heavy atom. The molecular formula is C35H34ClN3O4. The van der Waals surface area contributed by atoms with Crippen molar-refractivity contribution in [3.8, 4) is 5.75 Å². The highest BCUT2D eigenvalue weighted by atomic mass is 35.5. The molecule has 3 N–H and O–H groups in total. The molecule has 4 aromatic rings. The van der Waals surface area contributed by atoms with Gasteiger partial charge in [0.05, 0.1) is 6.61 Å². The van der Waals surface area contributed by atoms with Gasteiger partial charge in [-0.15, -0.1) is 0 Å². The summed E-state index contributed by atoms with van der Waals surface area (Å²) >= 11 is 6.15. The van der Waals surface area contributed by atoms with Crippen LogP contribution in [0.5, 0.6) is 5.75 Å². The van der Waals surface area contributed by atoms with Crippen LogP contribution in [-0.4, -0.2) is 35.7 Å². The maximum Gasteiger partial charge on any atom is 0.266 e. The summed E-state index contributed by atoms with van der Waals surface area (Å²) in [6, 6.07) is 34.4. The van der Waals surface area contributed by atoms with Crippen molar-refractivity contribution in [2.75, 3.05) is 13.2 Å². The lowest BCUT2D eigenvalue weighted by Crippen LogP contribution is -2.52. The molecule has 0 aliphatic carbocycles. The van der Waals surface area contributed by atoms with Crippen molar-refractivity contribution in [3.63, 3.8) is 0 Å². The predicted octanol–water partition coefficient (Wildman–Crippen LogP) is 6.28. The number of nitrogens with zero attached hydrogens (tertiary/aromatic N) is 1. The molecule has 8 heteroatoms. The summed E-state index contributed by atoms with van der Waals surface area (Å²) in [6.07, 6.45) is 4.11. The van der Waals surface area contributed by atoms with Crippen molar-refractivity contribution >= 4 is 29.5 Å². The molecule has 1 aliphatic rings. The van der Waals surface area contributed by atoms with E-state index in [-0.39, 0.29) is 18.9 Å². The molecular weight excluding hydrogens is 562 g/mol. The zero-order valence-electron chi connectivity index (χ0n) is 23.7. The van der Waals surface area contributed by atoms with Gasteiger partial charge in [0.25, 0.3) is 5.91 Å². The Hall–Kier alpha value is -4.43. The van der Waals surface area contributed by atoms with Gasteiger partial charge in [-0.05, 0) is 53.1 Å². The van der Waals surface area contributed by atoms with E-state index in [1.807, 2.05) is 121 Å². The van der Waals surface area contributed by atoms with E-state index in [1.54, 1.807) is 0 Å². The number of carbonyl (C=O) groups is 1. The summed E-state index contributed by atoms with van der Waals surface area (Å²) in [4.78, 5) is 19.2. The van der Waals surface area contributed by atoms with Crippen LogP contribution in [-0.2, 0) is 16.1 Å². The first-order valence-electron chi connectivity index (χ1n) is 14.2. The largest absolute Gasteiger partial charge is 0.494 e. The highest BCUT2D eigenvalue weighted by molar-refractivity contribution is 6.30. The van der Waals surface area contributed by atoms with Crippen LogP contribution in [0.2, 0.25) is 5.02 Å². The van der Waals surface area contributed by atoms with Gasteiger partial charge in [0.2, 0.25) is 5.90 Å². The lowest BCUT2D eigenvalue weighted by molar-refractivity contribution is -0.129. The second-order valence-corrected chi connectivity index (χ2v) is 10.6. The molecule has 0 spiro atoms. The zero-order chi connectivity index (χ0) is 29.9. The standard InChI is InChI=1S/C35H34ClN3O4/c36-30-16-7-12-27(24-30)25-37-39-34(41)35(21-8-13-26-10-3-1-4-11-26)32(28-14-5-2-6-15-28)43-33(38-35)29-17-19-31(20-18-29)42-23-9-22-40/h1-8,10-20,24,32,37,40H,9,21-23,25H2,(H,39,41)/b13-8+/t32-,35-/m0/s1. The number of aliphatic imine (C=N–C) groups is 1. The number of hydrogen-bond acceptors (Lipinski definition) is 6. The third-order valence-electron chi connectivity index (χ3n) is 7.05. The van der Waals surface area contributed by atoms with E-state index in [1.165, 1.54) is 0 Å². The molecule has 5 rings (SSSR count). The molecule has 0 bridgehead atoms. The molecule has 0 fully saturated rings. The van der Waals surface area contributed by atoms with Crippen molar-refractivity contribution < 1.29 is 19.4 Å². The molecule has 1 heterocycles. The van der Waals surface area contributed by atoms with E-state index in [2.05, 4.69) is 10.9 Å². The fraction of sp³-hybridized carbons (Fsp3) is 0.200. The Labute approximate surface area is 256 Å². The van der Waals surface area contributed by atoms with E-state index < -0.39 is 11.6 Å². The monoisotopic (exact) mass is 595 g/mol. The SMILES string of the molecule is O=C(NNCc1cccc(Cl)c1)[C@@]1(C/C=C/c2ccccc2)N=C(c2ccc(OCCCO)cc2)O[C@H]1c1ccccc1. The van der Waals surface area contributed by atoms with E-state index in [0.717, 1.165) is 22.3 Å². The van der Waals surface area contributed by atoms with Gasteiger partial charge in [-0.2, -0.15) is 0 Å². The number of hydrazine groups is 1. The van der Waals surface area contributed by atoms with Crippen LogP contribution in [0.15, 0.2) is 120 Å². The van der Waals surface area contributed by atoms with Crippen molar-refractivity contribution in [1.29, 1.82) is 0 Å². The average molecular weight is 596 g/mol. The predicted molar refractivity (Wildman–Crippen MR) is 170 cm³/mol. The van der Waals surface area contributed by atoms with E-state index in [9.17, 15) is 4.79 Å². The number of aliphatic hydroxyl groups is 1. The maximum absolute atomic E-state index is 14.2. The first-order chi connectivity index (χ1) is 21.1. The normalized spacial score (nSPS) is 17.8. The number of rotatable bonds is 13. The molecule has 0 aromatic heterocycles. The molecule has 2 atom stereocenters. The van der Waals surface area contributed by atoms with Gasteiger partial charge in [-0.1, -0.05) is 96.5 Å². The zero-order valence-corrected chi connectivity index (χ0v) is 24.4. The summed E-state index contributed by atoms with van der Waals surface area (Å²) in [5.41, 5.74) is 8.16. The Morgan fingerprint density at radius 2 is 1.72 bits per heavy atom. The third-order valence-corrected chi connectivity index (χ3v) is 7.29. The van der Waals surface area contributed by atoms with Crippen LogP contribution in [0.25, 0.3) is 6.08 Å². The Balaban J connectivity index is 1.47. The van der Waals surface area contributed by atoms with Crippen LogP contribution in [0.1, 0.15) is 41.2 Å². The van der Waals surface area contributed by atoms with Crippen LogP contribution in [0.4, 0.5) is 0 Å². The maximum atomic E-state index is 14.2. The van der Waals surface area contributed by atoms with Crippen LogP contribution in [0, 0.1) is 0 Å². The molecule has 43 heavy (non-hydrogen) atoms. The third kappa shape index (κ3) is 7.70. The molecule has 0 saturated carbocycles. The van der Waals surface area contributed by atoms with Gasteiger partial charge in [0, 0.05) is 36.6 Å². The summed E-state index contributed by atoms with van der Waals surface area (Å²) in [5.74, 6) is 0.726. The lowest BCUT2D eigenvalue weighted by Gasteiger charge is -2.29. The highest BCUT2D eigenvalue weighted by Gasteiger charge is 2.52. The number of aliphatic hydroxyl groups excluding tert-OH is 1. The van der Waals surface area contributed by atoms with E-state index in [4.69, 9.17) is 31.2 Å². The second-order valence-electron chi connectivity index (χ2n) is 10.2. The summed E-state index contributed by atoms with van der Waals surface area (Å²) < 4.78 is 12.2. The van der Waals surface area contributed by atoms with Gasteiger partial charge in [0.15, 0.2) is 11.6 Å². The second kappa shape index (κ2) is 14.6. The van der Waals surface area contributed by atoms with Crippen molar-refractivity contribution in [1.82, 2.24) is 10.9 Å². The molecule has 4 aromatic carbocycles. The highest BCUT2D eigenvalue weighted by Crippen LogP contribution is 2.43. The Bertz CT molecular complexity index is 1540. The van der Waals surface area contributed by atoms with E-state index >= 15 is 0 Å². The summed E-state index contributed by atoms with van der Waals surface area (Å²) in [5, 5.41) is 9.66. The van der Waals surface area contributed by atoms with Gasteiger partial charge in [-0.3, -0.25) is 10.2 Å². The molecule has 0 unspecified atom stereocenters. The average Bonchev–Trinajstić information content (AvgIpc) is 3.43. The molecule has 220 valence electrons. The quantitative estimate of drug-likeness (QED) is 0.125. The summed E-state index contributed by atoms with van der Waals surface area (Å²) in [7, 11) is 0. The van der Waals surface area contributed by atoms with Gasteiger partial charge >= 0.3 is 0 Å². The van der Waals surface area contributed by atoms with Gasteiger partial charge in [-0.25, -0.2) is 10.4 Å². The smallest absolute Gasteiger partial charge is 0.266 e. The van der Waals surface area contributed by atoms with Crippen molar-refractivity contribution in [2.45, 2.75) is 31.0 Å². The van der Waals surface area contributed by atoms with Crippen molar-refractivity contribution in [3.05, 3.63) is 143 Å². The Morgan fingerprint density at radius 1 is 0.977 bits per heavy atom. The fourth-order valence-corrected chi connectivity index (χ4v) is 5.08. The van der Waals surface area contributed by atoms with Crippen molar-refractivity contribution in [2.24, 2.45) is 4.99 Å². The first-order valence-corrected chi connectivity index (χ1v) is 14.6. The van der Waals surface area contributed by atoms with Gasteiger partial charge in [0.1, 0.15) is 5.75 Å². The summed E-state index contributed by atoms with van der Waals surface area (Å²) in [6.45, 7) is 0.871. The molecule has 1 aliphatic heterocycles. The van der Waals surface area contributed by atoms with Gasteiger partial charge < -0.3 is 14.6 Å². The number of ether oxygens (including phenoxy) is 2. The van der Waals surface area contributed by atoms with Crippen LogP contribution in [0.3, 0.4) is 0 Å². The minimum atomic E-state index is -1.31. The minimum Gasteiger partial charge on any atom is -0.494 e. The fourth-order valence-electron chi connectivity index (χ4n) is 4.86. The van der Waals surface area contributed by atoms with Crippen LogP contribution < -0.4 is 15.6 Å². The molecule has 0 radical (unpaired) electrons. The number of amides is 1. The molecule has 1 amide bonds. The number of benzene rings is 4.